The maximum absolute atomic E-state index is 13.1. The van der Waals surface area contributed by atoms with Crippen molar-refractivity contribution in [2.45, 2.75) is 69.5 Å². The molecule has 0 radical (unpaired) electrons. The second-order valence-electron chi connectivity index (χ2n) is 9.19. The highest BCUT2D eigenvalue weighted by Crippen LogP contribution is 2.26. The molecular weight excluding hydrogens is 418 g/mol. The number of nitrogens with zero attached hydrogens (tertiary/aromatic N) is 2. The Hall–Kier alpha value is -3.34. The molecular formula is C25H31N5O3. The van der Waals surface area contributed by atoms with E-state index in [9.17, 15) is 19.6 Å². The number of rotatable bonds is 8. The number of benzene rings is 1. The van der Waals surface area contributed by atoms with Gasteiger partial charge >= 0.3 is 0 Å². The number of carbonyl (C=O) groups excluding carboxylic acids is 3. The van der Waals surface area contributed by atoms with Gasteiger partial charge < -0.3 is 20.5 Å². The van der Waals surface area contributed by atoms with Crippen LogP contribution in [0, 0.1) is 17.2 Å². The number of amides is 3. The van der Waals surface area contributed by atoms with Crippen LogP contribution in [0.5, 0.6) is 0 Å². The van der Waals surface area contributed by atoms with Crippen LogP contribution >= 0.6 is 0 Å². The summed E-state index contributed by atoms with van der Waals surface area (Å²) in [6, 6.07) is 11.0. The summed E-state index contributed by atoms with van der Waals surface area (Å²) in [6.07, 6.45) is 5.73. The lowest BCUT2D eigenvalue weighted by atomic mass is 9.83. The molecule has 2 aliphatic carbocycles. The summed E-state index contributed by atoms with van der Waals surface area (Å²) in [6.45, 7) is 0. The lowest BCUT2D eigenvalue weighted by molar-refractivity contribution is -0.127. The van der Waals surface area contributed by atoms with Gasteiger partial charge in [-0.1, -0.05) is 31.0 Å². The zero-order chi connectivity index (χ0) is 23.4. The van der Waals surface area contributed by atoms with Crippen molar-refractivity contribution in [1.29, 1.82) is 5.26 Å². The van der Waals surface area contributed by atoms with Crippen molar-refractivity contribution in [1.82, 2.24) is 20.5 Å². The largest absolute Gasteiger partial charge is 0.353 e. The van der Waals surface area contributed by atoms with Gasteiger partial charge in [-0.05, 0) is 44.2 Å². The molecule has 1 aromatic carbocycles. The minimum atomic E-state index is -0.723. The van der Waals surface area contributed by atoms with Crippen molar-refractivity contribution in [3.05, 3.63) is 36.0 Å². The van der Waals surface area contributed by atoms with Crippen LogP contribution in [0.15, 0.2) is 30.3 Å². The van der Waals surface area contributed by atoms with Gasteiger partial charge in [-0.3, -0.25) is 14.4 Å². The minimum Gasteiger partial charge on any atom is -0.353 e. The Morgan fingerprint density at radius 3 is 2.61 bits per heavy atom. The van der Waals surface area contributed by atoms with Crippen LogP contribution < -0.4 is 16.0 Å². The number of aromatic nitrogens is 1. The van der Waals surface area contributed by atoms with Crippen LogP contribution in [-0.2, 0) is 16.6 Å². The summed E-state index contributed by atoms with van der Waals surface area (Å²) in [5.74, 6) is -0.906. The van der Waals surface area contributed by atoms with Crippen LogP contribution in [0.1, 0.15) is 61.9 Å². The fraction of sp³-hybridized carbons (Fsp3) is 0.520. The van der Waals surface area contributed by atoms with Gasteiger partial charge in [0.2, 0.25) is 11.8 Å². The molecule has 33 heavy (non-hydrogen) atoms. The maximum atomic E-state index is 13.1. The van der Waals surface area contributed by atoms with Crippen molar-refractivity contribution in [2.75, 3.05) is 0 Å². The molecule has 2 saturated carbocycles. The summed E-state index contributed by atoms with van der Waals surface area (Å²) < 4.78 is 1.86. The standard InChI is InChI=1S/C25H31N5O3/c1-30-21-9-5-2-6-16(21)14-22(30)25(33)29-20-8-4-3-7-19(20)24(32)28-18(15-26)12-13-23(31)27-17-10-11-17/h2,5-6,9,14,17-20H,3-4,7-8,10-13H2,1H3,(H,27,31)(H,28,32)(H,29,33)/t18-,19+,20-/m0/s1. The molecule has 0 unspecified atom stereocenters. The molecule has 1 aromatic heterocycles. The fourth-order valence-electron chi connectivity index (χ4n) is 4.62. The summed E-state index contributed by atoms with van der Waals surface area (Å²) in [5.41, 5.74) is 1.53. The van der Waals surface area contributed by atoms with Crippen LogP contribution in [0.3, 0.4) is 0 Å². The smallest absolute Gasteiger partial charge is 0.268 e. The molecule has 174 valence electrons. The van der Waals surface area contributed by atoms with Crippen molar-refractivity contribution in [2.24, 2.45) is 13.0 Å². The van der Waals surface area contributed by atoms with Gasteiger partial charge in [0.05, 0.1) is 12.0 Å². The van der Waals surface area contributed by atoms with E-state index in [0.717, 1.165) is 43.0 Å². The van der Waals surface area contributed by atoms with Gasteiger partial charge in [0.15, 0.2) is 0 Å². The molecule has 4 rings (SSSR count). The lowest BCUT2D eigenvalue weighted by Gasteiger charge is -2.31. The van der Waals surface area contributed by atoms with E-state index < -0.39 is 12.0 Å². The summed E-state index contributed by atoms with van der Waals surface area (Å²) in [5, 5.41) is 19.2. The van der Waals surface area contributed by atoms with Gasteiger partial charge in [-0.15, -0.1) is 0 Å². The van der Waals surface area contributed by atoms with E-state index >= 15 is 0 Å². The van der Waals surface area contributed by atoms with Crippen LogP contribution in [0.2, 0.25) is 0 Å². The van der Waals surface area contributed by atoms with E-state index in [1.165, 1.54) is 0 Å². The molecule has 3 amide bonds. The molecule has 2 aromatic rings. The topological polar surface area (TPSA) is 116 Å². The zero-order valence-electron chi connectivity index (χ0n) is 19.0. The van der Waals surface area contributed by atoms with Gasteiger partial charge in [0, 0.05) is 36.5 Å². The Kier molecular flexibility index (Phi) is 6.97. The number of aryl methyl sites for hydroxylation is 1. The molecule has 8 nitrogen and oxygen atoms in total. The highest BCUT2D eigenvalue weighted by molar-refractivity contribution is 5.99. The third-order valence-electron chi connectivity index (χ3n) is 6.68. The van der Waals surface area contributed by atoms with Gasteiger partial charge in [0.1, 0.15) is 11.7 Å². The van der Waals surface area contributed by atoms with Gasteiger partial charge in [0.25, 0.3) is 5.91 Å². The summed E-state index contributed by atoms with van der Waals surface area (Å²) in [7, 11) is 1.86. The van der Waals surface area contributed by atoms with Gasteiger partial charge in [-0.25, -0.2) is 0 Å². The predicted octanol–water partition coefficient (Wildman–Crippen LogP) is 2.53. The van der Waals surface area contributed by atoms with E-state index in [1.54, 1.807) is 0 Å². The molecule has 3 N–H and O–H groups in total. The fourth-order valence-corrected chi connectivity index (χ4v) is 4.62. The lowest BCUT2D eigenvalue weighted by Crippen LogP contribution is -2.50. The van der Waals surface area contributed by atoms with E-state index in [0.29, 0.717) is 12.1 Å². The number of nitriles is 1. The van der Waals surface area contributed by atoms with E-state index in [2.05, 4.69) is 22.0 Å². The molecule has 8 heteroatoms. The predicted molar refractivity (Wildman–Crippen MR) is 124 cm³/mol. The number of fused-ring (bicyclic) bond motifs is 1. The van der Waals surface area contributed by atoms with Gasteiger partial charge in [-0.2, -0.15) is 5.26 Å². The molecule has 1 heterocycles. The zero-order valence-corrected chi connectivity index (χ0v) is 19.0. The highest BCUT2D eigenvalue weighted by atomic mass is 16.2. The molecule has 0 spiro atoms. The number of hydrogen-bond acceptors (Lipinski definition) is 4. The molecule has 3 atom stereocenters. The maximum Gasteiger partial charge on any atom is 0.268 e. The quantitative estimate of drug-likeness (QED) is 0.574. The van der Waals surface area contributed by atoms with Crippen LogP contribution in [0.25, 0.3) is 10.9 Å². The Bertz CT molecular complexity index is 1080. The van der Waals surface area contributed by atoms with Crippen molar-refractivity contribution in [3.63, 3.8) is 0 Å². The average molecular weight is 450 g/mol. The monoisotopic (exact) mass is 449 g/mol. The molecule has 2 aliphatic rings. The van der Waals surface area contributed by atoms with Crippen molar-refractivity contribution in [3.8, 4) is 6.07 Å². The van der Waals surface area contributed by atoms with E-state index in [-0.39, 0.29) is 42.6 Å². The Morgan fingerprint density at radius 2 is 1.88 bits per heavy atom. The Morgan fingerprint density at radius 1 is 1.12 bits per heavy atom. The second-order valence-corrected chi connectivity index (χ2v) is 9.19. The highest BCUT2D eigenvalue weighted by Gasteiger charge is 2.34. The van der Waals surface area contributed by atoms with Crippen LogP contribution in [0.4, 0.5) is 0 Å². The number of hydrogen-bond donors (Lipinski definition) is 3. The number of carbonyl (C=O) groups is 3. The second kappa shape index (κ2) is 10.1. The average Bonchev–Trinajstić information content (AvgIpc) is 3.57. The summed E-state index contributed by atoms with van der Waals surface area (Å²) >= 11 is 0. The molecule has 0 bridgehead atoms. The first-order valence-electron chi connectivity index (χ1n) is 11.8. The first-order valence-corrected chi connectivity index (χ1v) is 11.8. The number of para-hydroxylation sites is 1. The minimum absolute atomic E-state index is 0.0789. The first-order chi connectivity index (χ1) is 16.0. The van der Waals surface area contributed by atoms with Crippen molar-refractivity contribution >= 4 is 28.6 Å². The van der Waals surface area contributed by atoms with E-state index in [4.69, 9.17) is 0 Å². The number of nitrogens with one attached hydrogen (secondary N) is 3. The first kappa shape index (κ1) is 22.8. The normalized spacial score (nSPS) is 21.1. The third kappa shape index (κ3) is 5.54. The van der Waals surface area contributed by atoms with Crippen LogP contribution in [-0.4, -0.2) is 40.4 Å². The third-order valence-corrected chi connectivity index (χ3v) is 6.68. The SMILES string of the molecule is Cn1c(C(=O)N[C@H]2CCCC[C@H]2C(=O)N[C@H](C#N)CCC(=O)NC2CC2)cc2ccccc21. The molecule has 2 fully saturated rings. The molecule has 0 aliphatic heterocycles. The Balaban J connectivity index is 1.36. The van der Waals surface area contributed by atoms with E-state index in [1.807, 2.05) is 41.9 Å². The Labute approximate surface area is 193 Å². The van der Waals surface area contributed by atoms with Crippen molar-refractivity contribution < 1.29 is 14.4 Å². The summed E-state index contributed by atoms with van der Waals surface area (Å²) in [4.78, 5) is 38.0. The molecule has 0 saturated heterocycles.